The van der Waals surface area contributed by atoms with E-state index in [1.165, 1.54) is 7.11 Å². The van der Waals surface area contributed by atoms with Crippen LogP contribution in [0.1, 0.15) is 39.7 Å². The number of aryl methyl sites for hydroxylation is 1. The van der Waals surface area contributed by atoms with Gasteiger partial charge in [-0.05, 0) is 52.3 Å². The molecular formula is C17H25N3O4. The van der Waals surface area contributed by atoms with Crippen LogP contribution in [0.25, 0.3) is 0 Å². The predicted molar refractivity (Wildman–Crippen MR) is 93.5 cm³/mol. The highest BCUT2D eigenvalue weighted by molar-refractivity contribution is 6.06. The van der Waals surface area contributed by atoms with Crippen LogP contribution in [0.15, 0.2) is 23.3 Å². The number of ether oxygens (including phenoxy) is 2. The minimum absolute atomic E-state index is 0.0346. The number of hydrogen-bond acceptors (Lipinski definition) is 5. The predicted octanol–water partition coefficient (Wildman–Crippen LogP) is 3.23. The van der Waals surface area contributed by atoms with Gasteiger partial charge in [0.15, 0.2) is 0 Å². The molecule has 1 rings (SSSR count). The van der Waals surface area contributed by atoms with Crippen molar-refractivity contribution in [3.8, 4) is 5.75 Å². The Labute approximate surface area is 142 Å². The molecule has 0 bridgehead atoms. The van der Waals surface area contributed by atoms with Crippen LogP contribution in [0.2, 0.25) is 0 Å². The molecule has 0 saturated heterocycles. The highest BCUT2D eigenvalue weighted by Crippen LogP contribution is 2.25. The molecule has 2 amide bonds. The van der Waals surface area contributed by atoms with Crippen molar-refractivity contribution in [1.82, 2.24) is 5.43 Å². The van der Waals surface area contributed by atoms with E-state index >= 15 is 0 Å². The van der Waals surface area contributed by atoms with Gasteiger partial charge in [0, 0.05) is 5.71 Å². The molecule has 0 spiro atoms. The van der Waals surface area contributed by atoms with E-state index in [2.05, 4.69) is 15.8 Å². The molecule has 2 N–H and O–H groups in total. The number of hydrazone groups is 1. The molecule has 0 atom stereocenters. The Bertz CT molecular complexity index is 633. The van der Waals surface area contributed by atoms with Crippen LogP contribution in [0.5, 0.6) is 5.75 Å². The molecule has 7 heteroatoms. The topological polar surface area (TPSA) is 89.0 Å². The van der Waals surface area contributed by atoms with Crippen LogP contribution in [0.3, 0.4) is 0 Å². The lowest BCUT2D eigenvalue weighted by Crippen LogP contribution is -2.30. The third kappa shape index (κ3) is 7.13. The van der Waals surface area contributed by atoms with Crippen LogP contribution < -0.4 is 15.5 Å². The third-order valence-corrected chi connectivity index (χ3v) is 2.78. The molecule has 7 nitrogen and oxygen atoms in total. The second-order valence-electron chi connectivity index (χ2n) is 6.39. The fourth-order valence-corrected chi connectivity index (χ4v) is 1.83. The lowest BCUT2D eigenvalue weighted by molar-refractivity contribution is -0.115. The number of rotatable bonds is 5. The number of nitrogens with zero attached hydrogens (tertiary/aromatic N) is 1. The average Bonchev–Trinajstić information content (AvgIpc) is 2.43. The van der Waals surface area contributed by atoms with Gasteiger partial charge in [-0.1, -0.05) is 6.07 Å². The summed E-state index contributed by atoms with van der Waals surface area (Å²) in [4.78, 5) is 23.6. The van der Waals surface area contributed by atoms with Crippen LogP contribution in [0, 0.1) is 6.92 Å². The fraction of sp³-hybridized carbons (Fsp3) is 0.471. The molecule has 0 unspecified atom stereocenters. The van der Waals surface area contributed by atoms with Crippen molar-refractivity contribution in [3.05, 3.63) is 23.8 Å². The lowest BCUT2D eigenvalue weighted by Gasteiger charge is -2.18. The number of methoxy groups -OCH3 is 1. The van der Waals surface area contributed by atoms with Crippen LogP contribution in [-0.4, -0.2) is 30.4 Å². The van der Waals surface area contributed by atoms with Gasteiger partial charge in [-0.25, -0.2) is 10.2 Å². The van der Waals surface area contributed by atoms with Gasteiger partial charge in [0.1, 0.15) is 11.4 Å². The van der Waals surface area contributed by atoms with E-state index in [9.17, 15) is 9.59 Å². The molecular weight excluding hydrogens is 310 g/mol. The van der Waals surface area contributed by atoms with Crippen molar-refractivity contribution in [2.24, 2.45) is 5.10 Å². The van der Waals surface area contributed by atoms with Crippen molar-refractivity contribution in [1.29, 1.82) is 0 Å². The zero-order chi connectivity index (χ0) is 18.3. The largest absolute Gasteiger partial charge is 0.495 e. The number of anilines is 1. The fourth-order valence-electron chi connectivity index (χ4n) is 1.83. The van der Waals surface area contributed by atoms with Crippen molar-refractivity contribution >= 4 is 23.4 Å². The van der Waals surface area contributed by atoms with Crippen molar-refractivity contribution < 1.29 is 19.1 Å². The number of benzene rings is 1. The molecule has 0 aliphatic heterocycles. The highest BCUT2D eigenvalue weighted by atomic mass is 16.6. The molecule has 1 aromatic rings. The maximum atomic E-state index is 12.1. The summed E-state index contributed by atoms with van der Waals surface area (Å²) in [7, 11) is 1.54. The Hall–Kier alpha value is -2.57. The van der Waals surface area contributed by atoms with E-state index in [1.54, 1.807) is 33.8 Å². The number of carbonyl (C=O) groups excluding carboxylic acids is 2. The summed E-state index contributed by atoms with van der Waals surface area (Å²) < 4.78 is 10.3. The van der Waals surface area contributed by atoms with Gasteiger partial charge in [-0.3, -0.25) is 4.79 Å². The Morgan fingerprint density at radius 1 is 1.25 bits per heavy atom. The normalized spacial score (nSPS) is 11.7. The van der Waals surface area contributed by atoms with Crippen LogP contribution in [0.4, 0.5) is 10.5 Å². The van der Waals surface area contributed by atoms with Gasteiger partial charge in [0.25, 0.3) is 0 Å². The number of carbonyl (C=O) groups is 2. The molecule has 0 heterocycles. The summed E-state index contributed by atoms with van der Waals surface area (Å²) in [5.74, 6) is 0.321. The summed E-state index contributed by atoms with van der Waals surface area (Å²) in [5.41, 5.74) is 3.70. The van der Waals surface area contributed by atoms with E-state index in [0.717, 1.165) is 5.56 Å². The first-order chi connectivity index (χ1) is 11.1. The molecule has 0 fully saturated rings. The van der Waals surface area contributed by atoms with Gasteiger partial charge in [-0.15, -0.1) is 0 Å². The quantitative estimate of drug-likeness (QED) is 0.638. The van der Waals surface area contributed by atoms with Crippen LogP contribution >= 0.6 is 0 Å². The van der Waals surface area contributed by atoms with E-state index in [4.69, 9.17) is 9.47 Å². The van der Waals surface area contributed by atoms with Gasteiger partial charge < -0.3 is 14.8 Å². The lowest BCUT2D eigenvalue weighted by atomic mass is 10.2. The summed E-state index contributed by atoms with van der Waals surface area (Å²) in [5, 5.41) is 6.62. The zero-order valence-corrected chi connectivity index (χ0v) is 15.0. The molecule has 132 valence electrons. The van der Waals surface area contributed by atoms with E-state index in [1.807, 2.05) is 19.1 Å². The first-order valence-electron chi connectivity index (χ1n) is 7.57. The molecule has 0 saturated carbocycles. The Kier molecular flexibility index (Phi) is 6.76. The standard InChI is InChI=1S/C17H25N3O4/c1-11-7-8-14(23-6)13(9-11)18-15(21)10-12(2)19-20-16(22)24-17(3,4)5/h7-9H,10H2,1-6H3,(H,18,21)(H,20,22)/b19-12-. The number of amides is 2. The number of hydrogen-bond donors (Lipinski definition) is 2. The number of nitrogens with one attached hydrogen (secondary N) is 2. The maximum Gasteiger partial charge on any atom is 0.428 e. The molecule has 0 aliphatic rings. The SMILES string of the molecule is COc1ccc(C)cc1NC(=O)C/C(C)=N\NC(=O)OC(C)(C)C. The Balaban J connectivity index is 2.60. The highest BCUT2D eigenvalue weighted by Gasteiger charge is 2.16. The van der Waals surface area contributed by atoms with Crippen molar-refractivity contribution in [2.45, 2.75) is 46.6 Å². The summed E-state index contributed by atoms with van der Waals surface area (Å²) in [6.07, 6.45) is -0.630. The van der Waals surface area contributed by atoms with Crippen LogP contribution in [-0.2, 0) is 9.53 Å². The minimum atomic E-state index is -0.664. The summed E-state index contributed by atoms with van der Waals surface area (Å²) in [6, 6.07) is 5.50. The Morgan fingerprint density at radius 3 is 2.50 bits per heavy atom. The molecule has 0 aromatic heterocycles. The molecule has 0 aliphatic carbocycles. The van der Waals surface area contributed by atoms with Gasteiger partial charge in [-0.2, -0.15) is 5.10 Å². The second-order valence-corrected chi connectivity index (χ2v) is 6.39. The zero-order valence-electron chi connectivity index (χ0n) is 15.0. The first kappa shape index (κ1) is 19.5. The second kappa shape index (κ2) is 8.33. The van der Waals surface area contributed by atoms with E-state index in [-0.39, 0.29) is 12.3 Å². The molecule has 24 heavy (non-hydrogen) atoms. The van der Waals surface area contributed by atoms with E-state index < -0.39 is 11.7 Å². The van der Waals surface area contributed by atoms with Gasteiger partial charge in [0.2, 0.25) is 5.91 Å². The van der Waals surface area contributed by atoms with Crippen molar-refractivity contribution in [3.63, 3.8) is 0 Å². The van der Waals surface area contributed by atoms with E-state index in [0.29, 0.717) is 17.1 Å². The average molecular weight is 335 g/mol. The van der Waals surface area contributed by atoms with Crippen molar-refractivity contribution in [2.75, 3.05) is 12.4 Å². The van der Waals surface area contributed by atoms with Gasteiger partial charge >= 0.3 is 6.09 Å². The third-order valence-electron chi connectivity index (χ3n) is 2.78. The Morgan fingerprint density at radius 2 is 1.92 bits per heavy atom. The smallest absolute Gasteiger partial charge is 0.428 e. The molecule has 0 radical (unpaired) electrons. The molecule has 1 aromatic carbocycles. The first-order valence-corrected chi connectivity index (χ1v) is 7.57. The minimum Gasteiger partial charge on any atom is -0.495 e. The van der Waals surface area contributed by atoms with Gasteiger partial charge in [0.05, 0.1) is 19.2 Å². The monoisotopic (exact) mass is 335 g/mol. The summed E-state index contributed by atoms with van der Waals surface area (Å²) in [6.45, 7) is 8.83. The summed E-state index contributed by atoms with van der Waals surface area (Å²) >= 11 is 0. The maximum absolute atomic E-state index is 12.1.